The van der Waals surface area contributed by atoms with Crippen molar-refractivity contribution in [1.29, 1.82) is 0 Å². The number of guanidine groups is 1. The first kappa shape index (κ1) is 21.7. The average Bonchev–Trinajstić information content (AvgIpc) is 2.86. The molecule has 3 unspecified atom stereocenters. The fraction of sp³-hybridized carbons (Fsp3) is 0.800. The first-order valence-corrected chi connectivity index (χ1v) is 10.2. The summed E-state index contributed by atoms with van der Waals surface area (Å²) in [6.07, 6.45) is 0.936. The monoisotopic (exact) mass is 378 g/mol. The summed E-state index contributed by atoms with van der Waals surface area (Å²) in [7, 11) is 2.00. The fourth-order valence-electron chi connectivity index (χ4n) is 3.75. The third-order valence-electron chi connectivity index (χ3n) is 5.40. The Labute approximate surface area is 164 Å². The topological polar surface area (TPSA) is 66.7 Å². The molecule has 1 saturated heterocycles. The van der Waals surface area contributed by atoms with Crippen molar-refractivity contribution in [1.82, 2.24) is 25.3 Å². The van der Waals surface area contributed by atoms with Crippen molar-refractivity contribution in [2.75, 3.05) is 32.8 Å². The summed E-state index contributed by atoms with van der Waals surface area (Å²) in [6, 6.07) is 1.13. The van der Waals surface area contributed by atoms with Crippen LogP contribution in [0.2, 0.25) is 0 Å². The lowest BCUT2D eigenvalue weighted by molar-refractivity contribution is -0.0165. The second-order valence-electron chi connectivity index (χ2n) is 7.75. The minimum atomic E-state index is 0.280. The van der Waals surface area contributed by atoms with Gasteiger partial charge >= 0.3 is 0 Å². The van der Waals surface area contributed by atoms with E-state index in [2.05, 4.69) is 62.2 Å². The Morgan fingerprint density at radius 1 is 1.37 bits per heavy atom. The number of rotatable bonds is 7. The standard InChI is InChI=1S/C20H38N6O/c1-8-21-20(22-12-15(3)26-9-10-27-13-16(26)4)23-14(2)11-19-17(5)24-25(7)18(19)6/h14-16H,8-13H2,1-7H3,(H2,21,22,23). The predicted molar refractivity (Wildman–Crippen MR) is 111 cm³/mol. The van der Waals surface area contributed by atoms with Gasteiger partial charge in [-0.3, -0.25) is 14.6 Å². The van der Waals surface area contributed by atoms with Crippen molar-refractivity contribution in [2.24, 2.45) is 12.0 Å². The second-order valence-corrected chi connectivity index (χ2v) is 7.75. The van der Waals surface area contributed by atoms with E-state index in [4.69, 9.17) is 9.73 Å². The Morgan fingerprint density at radius 3 is 2.70 bits per heavy atom. The van der Waals surface area contributed by atoms with Gasteiger partial charge < -0.3 is 15.4 Å². The van der Waals surface area contributed by atoms with E-state index in [1.807, 2.05) is 11.7 Å². The lowest BCUT2D eigenvalue weighted by Gasteiger charge is -2.37. The molecule has 7 heteroatoms. The summed E-state index contributed by atoms with van der Waals surface area (Å²) in [6.45, 7) is 17.2. The van der Waals surface area contributed by atoms with E-state index < -0.39 is 0 Å². The molecule has 3 atom stereocenters. The lowest BCUT2D eigenvalue weighted by Crippen LogP contribution is -2.50. The number of nitrogens with zero attached hydrogens (tertiary/aromatic N) is 4. The van der Waals surface area contributed by atoms with Gasteiger partial charge in [-0.15, -0.1) is 0 Å². The summed E-state index contributed by atoms with van der Waals surface area (Å²) in [5.41, 5.74) is 3.67. The molecular weight excluding hydrogens is 340 g/mol. The van der Waals surface area contributed by atoms with Gasteiger partial charge in [-0.1, -0.05) is 0 Å². The van der Waals surface area contributed by atoms with Crippen molar-refractivity contribution in [3.63, 3.8) is 0 Å². The fourth-order valence-corrected chi connectivity index (χ4v) is 3.75. The van der Waals surface area contributed by atoms with E-state index in [0.29, 0.717) is 12.1 Å². The highest BCUT2D eigenvalue weighted by Crippen LogP contribution is 2.14. The Balaban J connectivity index is 1.95. The number of aryl methyl sites for hydroxylation is 2. The highest BCUT2D eigenvalue weighted by Gasteiger charge is 2.23. The zero-order valence-electron chi connectivity index (χ0n) is 18.2. The molecule has 1 fully saturated rings. The van der Waals surface area contributed by atoms with Crippen LogP contribution in [0.25, 0.3) is 0 Å². The molecule has 7 nitrogen and oxygen atoms in total. The maximum atomic E-state index is 5.55. The van der Waals surface area contributed by atoms with Crippen LogP contribution in [0.4, 0.5) is 0 Å². The van der Waals surface area contributed by atoms with Crippen LogP contribution in [0, 0.1) is 13.8 Å². The molecule has 0 saturated carbocycles. The molecule has 0 aliphatic carbocycles. The smallest absolute Gasteiger partial charge is 0.191 e. The normalized spacial score (nSPS) is 21.1. The van der Waals surface area contributed by atoms with Gasteiger partial charge in [0.1, 0.15) is 0 Å². The van der Waals surface area contributed by atoms with E-state index in [1.165, 1.54) is 11.3 Å². The zero-order chi connectivity index (χ0) is 20.0. The van der Waals surface area contributed by atoms with Gasteiger partial charge in [0.05, 0.1) is 25.5 Å². The maximum absolute atomic E-state index is 5.55. The van der Waals surface area contributed by atoms with E-state index in [0.717, 1.165) is 50.9 Å². The van der Waals surface area contributed by atoms with Crippen molar-refractivity contribution < 1.29 is 4.74 Å². The molecule has 0 amide bonds. The number of nitrogens with one attached hydrogen (secondary N) is 2. The molecule has 2 rings (SSSR count). The summed E-state index contributed by atoms with van der Waals surface area (Å²) < 4.78 is 7.51. The van der Waals surface area contributed by atoms with Crippen molar-refractivity contribution in [3.8, 4) is 0 Å². The van der Waals surface area contributed by atoms with Gasteiger partial charge in [-0.25, -0.2) is 0 Å². The van der Waals surface area contributed by atoms with Crippen LogP contribution >= 0.6 is 0 Å². The van der Waals surface area contributed by atoms with Crippen LogP contribution in [0.3, 0.4) is 0 Å². The van der Waals surface area contributed by atoms with E-state index in [9.17, 15) is 0 Å². The molecule has 154 valence electrons. The Hall–Kier alpha value is -1.60. The van der Waals surface area contributed by atoms with Crippen LogP contribution in [0.1, 0.15) is 44.6 Å². The van der Waals surface area contributed by atoms with Crippen LogP contribution < -0.4 is 10.6 Å². The van der Waals surface area contributed by atoms with Crippen molar-refractivity contribution in [2.45, 2.75) is 66.1 Å². The largest absolute Gasteiger partial charge is 0.379 e. The van der Waals surface area contributed by atoms with Gasteiger partial charge in [0, 0.05) is 44.0 Å². The summed E-state index contributed by atoms with van der Waals surface area (Å²) in [5, 5.41) is 11.5. The highest BCUT2D eigenvalue weighted by molar-refractivity contribution is 5.80. The van der Waals surface area contributed by atoms with Gasteiger partial charge in [-0.05, 0) is 53.5 Å². The Bertz CT molecular complexity index is 626. The van der Waals surface area contributed by atoms with Gasteiger partial charge in [-0.2, -0.15) is 5.10 Å². The summed E-state index contributed by atoms with van der Waals surface area (Å²) in [5.74, 6) is 0.886. The molecule has 2 heterocycles. The van der Waals surface area contributed by atoms with Crippen LogP contribution in [0.15, 0.2) is 4.99 Å². The quantitative estimate of drug-likeness (QED) is 0.558. The third-order valence-corrected chi connectivity index (χ3v) is 5.40. The molecule has 0 bridgehead atoms. The number of hydrogen-bond acceptors (Lipinski definition) is 4. The molecule has 1 aromatic rings. The Morgan fingerprint density at radius 2 is 2.11 bits per heavy atom. The molecule has 1 aliphatic heterocycles. The van der Waals surface area contributed by atoms with Gasteiger partial charge in [0.25, 0.3) is 0 Å². The molecule has 1 aliphatic rings. The number of hydrogen-bond donors (Lipinski definition) is 2. The number of aliphatic imine (C=N–C) groups is 1. The molecule has 0 radical (unpaired) electrons. The van der Waals surface area contributed by atoms with E-state index in [-0.39, 0.29) is 6.04 Å². The minimum Gasteiger partial charge on any atom is -0.379 e. The number of ether oxygens (including phenoxy) is 1. The molecule has 27 heavy (non-hydrogen) atoms. The average molecular weight is 379 g/mol. The lowest BCUT2D eigenvalue weighted by atomic mass is 10.1. The zero-order valence-corrected chi connectivity index (χ0v) is 18.2. The second kappa shape index (κ2) is 10.1. The van der Waals surface area contributed by atoms with Crippen LogP contribution in [-0.4, -0.2) is 71.6 Å². The van der Waals surface area contributed by atoms with Crippen molar-refractivity contribution >= 4 is 5.96 Å². The predicted octanol–water partition coefficient (Wildman–Crippen LogP) is 1.63. The number of morpholine rings is 1. The van der Waals surface area contributed by atoms with Crippen LogP contribution in [-0.2, 0) is 18.2 Å². The Kier molecular flexibility index (Phi) is 8.10. The molecule has 2 N–H and O–H groups in total. The summed E-state index contributed by atoms with van der Waals surface area (Å²) in [4.78, 5) is 7.33. The number of aromatic nitrogens is 2. The first-order chi connectivity index (χ1) is 12.8. The first-order valence-electron chi connectivity index (χ1n) is 10.2. The van der Waals surface area contributed by atoms with Gasteiger partial charge in [0.15, 0.2) is 5.96 Å². The van der Waals surface area contributed by atoms with Crippen molar-refractivity contribution in [3.05, 3.63) is 17.0 Å². The van der Waals surface area contributed by atoms with E-state index in [1.54, 1.807) is 0 Å². The van der Waals surface area contributed by atoms with Gasteiger partial charge in [0.2, 0.25) is 0 Å². The molecular formula is C20H38N6O. The minimum absolute atomic E-state index is 0.280. The maximum Gasteiger partial charge on any atom is 0.191 e. The molecule has 1 aromatic heterocycles. The molecule has 0 aromatic carbocycles. The summed E-state index contributed by atoms with van der Waals surface area (Å²) >= 11 is 0. The third kappa shape index (κ3) is 5.94. The van der Waals surface area contributed by atoms with Crippen LogP contribution in [0.5, 0.6) is 0 Å². The molecule has 0 spiro atoms. The SMILES string of the molecule is CCNC(=NCC(C)N1CCOCC1C)NC(C)Cc1c(C)nn(C)c1C. The van der Waals surface area contributed by atoms with E-state index >= 15 is 0 Å². The highest BCUT2D eigenvalue weighted by atomic mass is 16.5.